The van der Waals surface area contributed by atoms with E-state index in [1.54, 1.807) is 12.1 Å². The number of sulfonamides is 1. The van der Waals surface area contributed by atoms with Gasteiger partial charge in [-0.05, 0) is 62.7 Å². The van der Waals surface area contributed by atoms with E-state index in [1.165, 1.54) is 24.7 Å². The maximum Gasteiger partial charge on any atom is 0.256 e. The Bertz CT molecular complexity index is 1000. The number of benzene rings is 1. The molecule has 0 atom stereocenters. The summed E-state index contributed by atoms with van der Waals surface area (Å²) >= 11 is 0. The van der Waals surface area contributed by atoms with Gasteiger partial charge in [0.15, 0.2) is 0 Å². The average Bonchev–Trinajstić information content (AvgIpc) is 3.03. The molecular weight excluding hydrogens is 338 g/mol. The highest BCUT2D eigenvalue weighted by Gasteiger charge is 2.27. The quantitative estimate of drug-likeness (QED) is 0.733. The van der Waals surface area contributed by atoms with E-state index in [2.05, 4.69) is 21.9 Å². The molecule has 0 spiro atoms. The Kier molecular flexibility index (Phi) is 4.30. The molecule has 3 N–H and O–H groups in total. The number of amides is 1. The topological polar surface area (TPSA) is 91.1 Å². The number of aromatic amines is 1. The van der Waals surface area contributed by atoms with Gasteiger partial charge < -0.3 is 10.3 Å². The van der Waals surface area contributed by atoms with Crippen molar-refractivity contribution in [3.05, 3.63) is 46.3 Å². The Balaban J connectivity index is 2.15. The number of aryl methyl sites for hydroxylation is 1. The zero-order chi connectivity index (χ0) is 18.4. The number of rotatable bonds is 4. The van der Waals surface area contributed by atoms with Crippen LogP contribution in [0, 0.1) is 13.8 Å². The van der Waals surface area contributed by atoms with Crippen molar-refractivity contribution >= 4 is 33.3 Å². The summed E-state index contributed by atoms with van der Waals surface area (Å²) in [7, 11) is -2.21. The zero-order valence-electron chi connectivity index (χ0n) is 14.6. The minimum Gasteiger partial charge on any atom is -0.359 e. The Morgan fingerprint density at radius 3 is 2.56 bits per heavy atom. The Labute approximate surface area is 147 Å². The molecule has 0 aliphatic carbocycles. The third-order valence-corrected chi connectivity index (χ3v) is 6.04. The molecule has 1 aromatic heterocycles. The number of anilines is 1. The highest BCUT2D eigenvalue weighted by molar-refractivity contribution is 7.89. The van der Waals surface area contributed by atoms with Crippen LogP contribution in [0.4, 0.5) is 5.69 Å². The summed E-state index contributed by atoms with van der Waals surface area (Å²) < 4.78 is 26.4. The average molecular weight is 359 g/mol. The van der Waals surface area contributed by atoms with Crippen LogP contribution in [0.1, 0.15) is 35.0 Å². The molecule has 0 radical (unpaired) electrons. The molecule has 0 saturated heterocycles. The number of hydrogen-bond donors (Lipinski definition) is 3. The molecular formula is C18H21N3O3S. The number of carbonyl (C=O) groups excluding carboxylic acids is 1. The van der Waals surface area contributed by atoms with Crippen LogP contribution in [-0.2, 0) is 21.2 Å². The number of H-pyrrole nitrogens is 1. The van der Waals surface area contributed by atoms with Crippen LogP contribution in [0.2, 0.25) is 0 Å². The van der Waals surface area contributed by atoms with Gasteiger partial charge in [-0.15, -0.1) is 0 Å². The highest BCUT2D eigenvalue weighted by Crippen LogP contribution is 2.35. The van der Waals surface area contributed by atoms with Gasteiger partial charge in [-0.1, -0.05) is 6.92 Å². The maximum atomic E-state index is 12.4. The first-order valence-corrected chi connectivity index (χ1v) is 9.55. The van der Waals surface area contributed by atoms with Gasteiger partial charge in [0.2, 0.25) is 10.0 Å². The molecule has 1 aliphatic heterocycles. The normalized spacial score (nSPS) is 15.5. The number of hydrogen-bond acceptors (Lipinski definition) is 3. The van der Waals surface area contributed by atoms with E-state index in [0.29, 0.717) is 16.8 Å². The molecule has 7 heteroatoms. The molecule has 1 amide bonds. The first-order chi connectivity index (χ1) is 11.8. The van der Waals surface area contributed by atoms with Crippen LogP contribution in [0.25, 0.3) is 11.6 Å². The fraction of sp³-hybridized carbons (Fsp3) is 0.278. The molecule has 0 bridgehead atoms. The summed E-state index contributed by atoms with van der Waals surface area (Å²) in [6, 6.07) is 4.62. The molecule has 132 valence electrons. The summed E-state index contributed by atoms with van der Waals surface area (Å²) in [5.41, 5.74) is 5.94. The van der Waals surface area contributed by atoms with Crippen LogP contribution in [0.3, 0.4) is 0 Å². The third-order valence-electron chi connectivity index (χ3n) is 4.63. The molecule has 0 fully saturated rings. The Morgan fingerprint density at radius 1 is 1.24 bits per heavy atom. The number of nitrogens with one attached hydrogen (secondary N) is 3. The van der Waals surface area contributed by atoms with Gasteiger partial charge in [0, 0.05) is 22.6 Å². The molecule has 0 unspecified atom stereocenters. The summed E-state index contributed by atoms with van der Waals surface area (Å²) in [5.74, 6) is -0.237. The zero-order valence-corrected chi connectivity index (χ0v) is 15.5. The van der Waals surface area contributed by atoms with Gasteiger partial charge in [-0.25, -0.2) is 13.1 Å². The lowest BCUT2D eigenvalue weighted by atomic mass is 10.0. The van der Waals surface area contributed by atoms with Crippen molar-refractivity contribution in [1.29, 1.82) is 0 Å². The smallest absolute Gasteiger partial charge is 0.256 e. The molecule has 25 heavy (non-hydrogen) atoms. The van der Waals surface area contributed by atoms with E-state index in [4.69, 9.17) is 0 Å². The van der Waals surface area contributed by atoms with Crippen molar-refractivity contribution in [2.45, 2.75) is 32.1 Å². The lowest BCUT2D eigenvalue weighted by molar-refractivity contribution is -0.110. The first kappa shape index (κ1) is 17.4. The number of fused-ring (bicyclic) bond motifs is 1. The second kappa shape index (κ2) is 6.16. The van der Waals surface area contributed by atoms with E-state index in [0.717, 1.165) is 23.4 Å². The second-order valence-electron chi connectivity index (χ2n) is 6.05. The predicted octanol–water partition coefficient (Wildman–Crippen LogP) is 2.59. The van der Waals surface area contributed by atoms with Crippen LogP contribution in [0.15, 0.2) is 23.1 Å². The fourth-order valence-corrected chi connectivity index (χ4v) is 3.99. The molecule has 1 aliphatic rings. The van der Waals surface area contributed by atoms with Crippen LogP contribution in [-0.4, -0.2) is 26.4 Å². The number of aromatic nitrogens is 1. The van der Waals surface area contributed by atoms with Gasteiger partial charge in [0.1, 0.15) is 0 Å². The molecule has 1 aromatic carbocycles. The second-order valence-corrected chi connectivity index (χ2v) is 7.93. The molecule has 6 nitrogen and oxygen atoms in total. The minimum absolute atomic E-state index is 0.129. The molecule has 0 saturated carbocycles. The van der Waals surface area contributed by atoms with Crippen LogP contribution < -0.4 is 10.0 Å². The SMILES string of the molecule is CCc1c(C)[nH]c(C=C2C(=O)Nc3ccc(S(=O)(=O)NC)cc32)c1C. The first-order valence-electron chi connectivity index (χ1n) is 8.07. The highest BCUT2D eigenvalue weighted by atomic mass is 32.2. The minimum atomic E-state index is -3.57. The molecule has 2 heterocycles. The largest absolute Gasteiger partial charge is 0.359 e. The van der Waals surface area contributed by atoms with Crippen LogP contribution >= 0.6 is 0 Å². The summed E-state index contributed by atoms with van der Waals surface area (Å²) in [5, 5.41) is 2.78. The van der Waals surface area contributed by atoms with Gasteiger partial charge in [-0.2, -0.15) is 0 Å². The lowest BCUT2D eigenvalue weighted by Gasteiger charge is -2.05. The van der Waals surface area contributed by atoms with Gasteiger partial charge >= 0.3 is 0 Å². The maximum absolute atomic E-state index is 12.4. The fourth-order valence-electron chi connectivity index (χ4n) is 3.23. The molecule has 2 aromatic rings. The van der Waals surface area contributed by atoms with Gasteiger partial charge in [0.05, 0.1) is 10.5 Å². The van der Waals surface area contributed by atoms with E-state index in [9.17, 15) is 13.2 Å². The van der Waals surface area contributed by atoms with Crippen molar-refractivity contribution in [1.82, 2.24) is 9.71 Å². The van der Waals surface area contributed by atoms with Crippen molar-refractivity contribution in [2.75, 3.05) is 12.4 Å². The van der Waals surface area contributed by atoms with Gasteiger partial charge in [-0.3, -0.25) is 4.79 Å². The van der Waals surface area contributed by atoms with Crippen molar-refractivity contribution in [3.63, 3.8) is 0 Å². The Morgan fingerprint density at radius 2 is 1.96 bits per heavy atom. The van der Waals surface area contributed by atoms with E-state index in [1.807, 2.05) is 13.8 Å². The van der Waals surface area contributed by atoms with E-state index in [-0.39, 0.29) is 10.8 Å². The molecule has 3 rings (SSSR count). The lowest BCUT2D eigenvalue weighted by Crippen LogP contribution is -2.18. The standard InChI is InChI=1S/C18H21N3O3S/c1-5-13-10(2)17(20-11(13)3)9-15-14-8-12(25(23,24)19-4)6-7-16(14)21-18(15)22/h6-9,19-20H,5H2,1-4H3,(H,21,22). The third kappa shape index (κ3) is 2.89. The summed E-state index contributed by atoms with van der Waals surface area (Å²) in [6.07, 6.45) is 2.70. The number of carbonyl (C=O) groups is 1. The van der Waals surface area contributed by atoms with E-state index >= 15 is 0 Å². The van der Waals surface area contributed by atoms with Crippen molar-refractivity contribution in [3.8, 4) is 0 Å². The van der Waals surface area contributed by atoms with E-state index < -0.39 is 10.0 Å². The monoisotopic (exact) mass is 359 g/mol. The van der Waals surface area contributed by atoms with Crippen molar-refractivity contribution < 1.29 is 13.2 Å². The van der Waals surface area contributed by atoms with Crippen LogP contribution in [0.5, 0.6) is 0 Å². The van der Waals surface area contributed by atoms with Gasteiger partial charge in [0.25, 0.3) is 5.91 Å². The van der Waals surface area contributed by atoms with Crippen molar-refractivity contribution in [2.24, 2.45) is 0 Å². The summed E-state index contributed by atoms with van der Waals surface area (Å²) in [6.45, 7) is 6.12. The predicted molar refractivity (Wildman–Crippen MR) is 98.8 cm³/mol. The summed E-state index contributed by atoms with van der Waals surface area (Å²) in [4.78, 5) is 15.8. The Hall–Kier alpha value is -2.38.